The summed E-state index contributed by atoms with van der Waals surface area (Å²) in [5.41, 5.74) is 6.14. The smallest absolute Gasteiger partial charge is 0.137 e. The van der Waals surface area contributed by atoms with Gasteiger partial charge in [-0.05, 0) is 74.3 Å². The van der Waals surface area contributed by atoms with Crippen molar-refractivity contribution in [3.8, 4) is 11.8 Å². The van der Waals surface area contributed by atoms with Crippen LogP contribution < -0.4 is 10.1 Å². The van der Waals surface area contributed by atoms with Crippen LogP contribution in [0.5, 0.6) is 5.75 Å². The van der Waals surface area contributed by atoms with E-state index in [4.69, 9.17) is 4.74 Å². The molecule has 0 saturated carbocycles. The standard InChI is InChI=1S/C30H41N3O.2H2/c1-6-9-24(10-7-2)22-34-30-17-15-25(18-27(30)20-31)26-14-12-23(4)13-16-28(19-26)33-29(11-8-3)21-32-5;;/h11-12,14-15,17-19,21,24,33H,6-10,13,16,22H2,1-5H3;2*1H/b23-12?,26-14+,28-19+,29-11+,32-21?;;. The lowest BCUT2D eigenvalue weighted by atomic mass is 9.97. The molecule has 1 aliphatic rings. The van der Waals surface area contributed by atoms with Crippen LogP contribution in [-0.2, 0) is 0 Å². The van der Waals surface area contributed by atoms with Gasteiger partial charge in [0.15, 0.2) is 0 Å². The molecule has 0 atom stereocenters. The average molecular weight is 464 g/mol. The molecule has 0 radical (unpaired) electrons. The van der Waals surface area contributed by atoms with Crippen molar-refractivity contribution in [3.05, 3.63) is 70.6 Å². The van der Waals surface area contributed by atoms with Gasteiger partial charge in [-0.15, -0.1) is 0 Å². The number of ether oxygens (including phenoxy) is 1. The number of nitrogens with zero attached hydrogens (tertiary/aromatic N) is 2. The average Bonchev–Trinajstić information content (AvgIpc) is 2.82. The Hall–Kier alpha value is -3.06. The van der Waals surface area contributed by atoms with E-state index in [1.165, 1.54) is 5.57 Å². The molecule has 34 heavy (non-hydrogen) atoms. The topological polar surface area (TPSA) is 57.4 Å². The van der Waals surface area contributed by atoms with Gasteiger partial charge in [0.05, 0.1) is 17.9 Å². The van der Waals surface area contributed by atoms with Crippen molar-refractivity contribution in [1.82, 2.24) is 5.32 Å². The van der Waals surface area contributed by atoms with Crippen LogP contribution >= 0.6 is 0 Å². The Bertz CT molecular complexity index is 994. The van der Waals surface area contributed by atoms with Gasteiger partial charge in [-0.3, -0.25) is 4.99 Å². The summed E-state index contributed by atoms with van der Waals surface area (Å²) >= 11 is 0. The Balaban J connectivity index is 0.00000612. The molecule has 0 saturated heterocycles. The number of hydrogen-bond donors (Lipinski definition) is 1. The molecule has 0 amide bonds. The summed E-state index contributed by atoms with van der Waals surface area (Å²) in [5.74, 6) is 1.22. The molecule has 1 aliphatic carbocycles. The quantitative estimate of drug-likeness (QED) is 0.317. The zero-order valence-electron chi connectivity index (χ0n) is 21.7. The Morgan fingerprint density at radius 3 is 2.62 bits per heavy atom. The highest BCUT2D eigenvalue weighted by Gasteiger charge is 2.13. The predicted molar refractivity (Wildman–Crippen MR) is 149 cm³/mol. The Morgan fingerprint density at radius 1 is 1.21 bits per heavy atom. The Kier molecular flexibility index (Phi) is 12.0. The molecular formula is C30H45N3O. The fourth-order valence-electron chi connectivity index (χ4n) is 4.17. The van der Waals surface area contributed by atoms with E-state index in [1.54, 1.807) is 7.05 Å². The molecule has 0 fully saturated rings. The van der Waals surface area contributed by atoms with Gasteiger partial charge in [-0.25, -0.2) is 0 Å². The lowest BCUT2D eigenvalue weighted by Gasteiger charge is -2.18. The Morgan fingerprint density at radius 2 is 1.97 bits per heavy atom. The van der Waals surface area contributed by atoms with Crippen LogP contribution in [0.25, 0.3) is 5.57 Å². The van der Waals surface area contributed by atoms with Crippen LogP contribution in [0.15, 0.2) is 64.5 Å². The van der Waals surface area contributed by atoms with Gasteiger partial charge in [0.2, 0.25) is 0 Å². The first kappa shape index (κ1) is 27.2. The van der Waals surface area contributed by atoms with E-state index in [0.29, 0.717) is 23.8 Å². The minimum absolute atomic E-state index is 0. The number of allylic oxidation sites excluding steroid dienone is 8. The number of aliphatic imine (C=N–C) groups is 1. The lowest BCUT2D eigenvalue weighted by molar-refractivity contribution is 0.229. The summed E-state index contributed by atoms with van der Waals surface area (Å²) in [4.78, 5) is 4.18. The van der Waals surface area contributed by atoms with Crippen molar-refractivity contribution in [1.29, 1.82) is 5.26 Å². The fourth-order valence-corrected chi connectivity index (χ4v) is 4.17. The van der Waals surface area contributed by atoms with Gasteiger partial charge in [0.1, 0.15) is 11.8 Å². The molecule has 1 aromatic rings. The van der Waals surface area contributed by atoms with Crippen LogP contribution in [0.1, 0.15) is 86.6 Å². The largest absolute Gasteiger partial charge is 0.492 e. The number of hydrogen-bond acceptors (Lipinski definition) is 4. The summed E-state index contributed by atoms with van der Waals surface area (Å²) < 4.78 is 6.12. The van der Waals surface area contributed by atoms with E-state index >= 15 is 0 Å². The van der Waals surface area contributed by atoms with Crippen molar-refractivity contribution in [3.63, 3.8) is 0 Å². The van der Waals surface area contributed by atoms with E-state index in [-0.39, 0.29) is 2.85 Å². The highest BCUT2D eigenvalue weighted by atomic mass is 16.5. The minimum Gasteiger partial charge on any atom is -0.492 e. The molecule has 2 rings (SSSR count). The van der Waals surface area contributed by atoms with Gasteiger partial charge < -0.3 is 10.1 Å². The third-order valence-corrected chi connectivity index (χ3v) is 5.96. The SMILES string of the molecule is CC/C=C(\C=NC)N/C1=C/C(c2ccc(OCC(CCC)CCC)c(C#N)c2)=C\C=C(C)CC1.[HH].[HH]. The normalized spacial score (nSPS) is 17.8. The first-order valence-electron chi connectivity index (χ1n) is 12.7. The zero-order chi connectivity index (χ0) is 24.8. The highest BCUT2D eigenvalue weighted by Crippen LogP contribution is 2.28. The van der Waals surface area contributed by atoms with Crippen LogP contribution in [0.2, 0.25) is 0 Å². The van der Waals surface area contributed by atoms with E-state index in [1.807, 2.05) is 18.3 Å². The second kappa shape index (κ2) is 15.0. The van der Waals surface area contributed by atoms with Crippen molar-refractivity contribution < 1.29 is 7.59 Å². The molecular weight excluding hydrogens is 418 g/mol. The van der Waals surface area contributed by atoms with Crippen LogP contribution in [0, 0.1) is 17.2 Å². The molecule has 4 heteroatoms. The molecule has 0 bridgehead atoms. The van der Waals surface area contributed by atoms with Crippen molar-refractivity contribution in [2.24, 2.45) is 10.9 Å². The van der Waals surface area contributed by atoms with Crippen LogP contribution in [0.3, 0.4) is 0 Å². The summed E-state index contributed by atoms with van der Waals surface area (Å²) in [6.07, 6.45) is 18.0. The van der Waals surface area contributed by atoms with E-state index in [9.17, 15) is 5.26 Å². The monoisotopic (exact) mass is 463 g/mol. The second-order valence-electron chi connectivity index (χ2n) is 8.96. The van der Waals surface area contributed by atoms with Crippen LogP contribution in [0.4, 0.5) is 0 Å². The first-order valence-corrected chi connectivity index (χ1v) is 12.7. The minimum atomic E-state index is 0. The zero-order valence-corrected chi connectivity index (χ0v) is 21.7. The van der Waals surface area contributed by atoms with Crippen molar-refractivity contribution >= 4 is 11.8 Å². The van der Waals surface area contributed by atoms with Gasteiger partial charge in [-0.1, -0.05) is 63.5 Å². The molecule has 0 aliphatic heterocycles. The molecule has 1 N–H and O–H groups in total. The maximum Gasteiger partial charge on any atom is 0.137 e. The first-order chi connectivity index (χ1) is 16.5. The second-order valence-corrected chi connectivity index (χ2v) is 8.96. The lowest BCUT2D eigenvalue weighted by Crippen LogP contribution is -2.15. The summed E-state index contributed by atoms with van der Waals surface area (Å²) in [6.45, 7) is 9.37. The van der Waals surface area contributed by atoms with E-state index in [0.717, 1.165) is 67.5 Å². The van der Waals surface area contributed by atoms with E-state index in [2.05, 4.69) is 74.4 Å². The molecule has 0 spiro atoms. The van der Waals surface area contributed by atoms with Gasteiger partial charge in [0, 0.05) is 21.8 Å². The molecule has 0 aromatic heterocycles. The van der Waals surface area contributed by atoms with Crippen LogP contribution in [-0.4, -0.2) is 19.9 Å². The molecule has 4 nitrogen and oxygen atoms in total. The maximum absolute atomic E-state index is 9.83. The summed E-state index contributed by atoms with van der Waals surface area (Å²) in [6, 6.07) is 8.31. The molecule has 1 aromatic carbocycles. The van der Waals surface area contributed by atoms with E-state index < -0.39 is 0 Å². The number of nitriles is 1. The third kappa shape index (κ3) is 8.71. The third-order valence-electron chi connectivity index (χ3n) is 5.96. The number of nitrogens with one attached hydrogen (secondary N) is 1. The number of rotatable bonds is 12. The molecule has 186 valence electrons. The fraction of sp³-hybridized carbons (Fsp3) is 0.467. The maximum atomic E-state index is 9.83. The summed E-state index contributed by atoms with van der Waals surface area (Å²) in [5, 5.41) is 13.4. The van der Waals surface area contributed by atoms with Gasteiger partial charge in [-0.2, -0.15) is 5.26 Å². The van der Waals surface area contributed by atoms with Gasteiger partial charge >= 0.3 is 0 Å². The molecule has 0 unspecified atom stereocenters. The Labute approximate surface area is 209 Å². The number of benzene rings is 1. The predicted octanol–water partition coefficient (Wildman–Crippen LogP) is 8.24. The van der Waals surface area contributed by atoms with Crippen molar-refractivity contribution in [2.45, 2.75) is 72.6 Å². The molecule has 0 heterocycles. The van der Waals surface area contributed by atoms with Crippen molar-refractivity contribution in [2.75, 3.05) is 13.7 Å². The van der Waals surface area contributed by atoms with Gasteiger partial charge in [0.25, 0.3) is 0 Å². The summed E-state index contributed by atoms with van der Waals surface area (Å²) in [7, 11) is 1.79. The highest BCUT2D eigenvalue weighted by molar-refractivity contribution is 5.80.